The lowest BCUT2D eigenvalue weighted by atomic mass is 10.1. The zero-order chi connectivity index (χ0) is 16.3. The molecule has 0 aliphatic carbocycles. The number of rotatable bonds is 5. The molecule has 22 heavy (non-hydrogen) atoms. The van der Waals surface area contributed by atoms with Crippen molar-refractivity contribution in [2.24, 2.45) is 0 Å². The first-order chi connectivity index (χ1) is 10.3. The number of urea groups is 1. The molecule has 1 aromatic carbocycles. The van der Waals surface area contributed by atoms with E-state index in [1.165, 1.54) is 0 Å². The number of nitrogens with one attached hydrogen (secondary N) is 2. The third kappa shape index (κ3) is 3.34. The Labute approximate surface area is 126 Å². The van der Waals surface area contributed by atoms with Crippen LogP contribution in [0, 0.1) is 0 Å². The summed E-state index contributed by atoms with van der Waals surface area (Å²) in [5.74, 6) is -1.40. The maximum Gasteiger partial charge on any atom is 0.337 e. The van der Waals surface area contributed by atoms with E-state index in [2.05, 4.69) is 15.7 Å². The van der Waals surface area contributed by atoms with Gasteiger partial charge in [0, 0.05) is 17.6 Å². The van der Waals surface area contributed by atoms with Gasteiger partial charge in [-0.25, -0.2) is 9.59 Å². The Kier molecular flexibility index (Phi) is 4.32. The predicted molar refractivity (Wildman–Crippen MR) is 80.7 cm³/mol. The number of nitrogens with zero attached hydrogens (tertiary/aromatic N) is 2. The predicted octanol–water partition coefficient (Wildman–Crippen LogP) is 1.01. The van der Waals surface area contributed by atoms with Crippen molar-refractivity contribution in [1.29, 1.82) is 0 Å². The number of fused-ring (bicyclic) bond motifs is 1. The Morgan fingerprint density at radius 2 is 2.14 bits per heavy atom. The van der Waals surface area contributed by atoms with Gasteiger partial charge in [-0.2, -0.15) is 5.10 Å². The largest absolute Gasteiger partial charge is 0.479 e. The fourth-order valence-corrected chi connectivity index (χ4v) is 1.90. The fraction of sp³-hybridized carbons (Fsp3) is 0.357. The SMILES string of the molecule is CCn1ncc2ccc(NC(=O)NCC(C)(O)C(=O)O)cc21. The quantitative estimate of drug-likeness (QED) is 0.658. The van der Waals surface area contributed by atoms with Crippen LogP contribution in [0.5, 0.6) is 0 Å². The van der Waals surface area contributed by atoms with Crippen molar-refractivity contribution >= 4 is 28.6 Å². The van der Waals surface area contributed by atoms with Gasteiger partial charge in [-0.3, -0.25) is 4.68 Å². The molecular weight excluding hydrogens is 288 g/mol. The highest BCUT2D eigenvalue weighted by Crippen LogP contribution is 2.19. The summed E-state index contributed by atoms with van der Waals surface area (Å²) >= 11 is 0. The van der Waals surface area contributed by atoms with Gasteiger partial charge in [0.05, 0.1) is 18.3 Å². The summed E-state index contributed by atoms with van der Waals surface area (Å²) in [4.78, 5) is 22.5. The maximum absolute atomic E-state index is 11.8. The number of benzene rings is 1. The number of aryl methyl sites for hydroxylation is 1. The topological polar surface area (TPSA) is 116 Å². The molecule has 0 radical (unpaired) electrons. The van der Waals surface area contributed by atoms with Gasteiger partial charge in [0.15, 0.2) is 5.60 Å². The van der Waals surface area contributed by atoms with Crippen LogP contribution in [0.25, 0.3) is 10.9 Å². The summed E-state index contributed by atoms with van der Waals surface area (Å²) in [5, 5.41) is 28.4. The number of hydrogen-bond donors (Lipinski definition) is 4. The van der Waals surface area contributed by atoms with Crippen molar-refractivity contribution in [3.8, 4) is 0 Å². The number of carbonyl (C=O) groups excluding carboxylic acids is 1. The molecule has 0 aliphatic rings. The van der Waals surface area contributed by atoms with E-state index in [0.29, 0.717) is 12.2 Å². The molecule has 4 N–H and O–H groups in total. The molecule has 0 saturated carbocycles. The number of aliphatic carboxylic acids is 1. The van der Waals surface area contributed by atoms with Gasteiger partial charge in [0.25, 0.3) is 0 Å². The number of hydrogen-bond acceptors (Lipinski definition) is 4. The van der Waals surface area contributed by atoms with Gasteiger partial charge in [-0.1, -0.05) is 0 Å². The summed E-state index contributed by atoms with van der Waals surface area (Å²) in [6.45, 7) is 3.39. The first-order valence-electron chi connectivity index (χ1n) is 6.79. The summed E-state index contributed by atoms with van der Waals surface area (Å²) in [7, 11) is 0. The minimum Gasteiger partial charge on any atom is -0.479 e. The lowest BCUT2D eigenvalue weighted by Gasteiger charge is -2.18. The van der Waals surface area contributed by atoms with Gasteiger partial charge in [-0.15, -0.1) is 0 Å². The molecule has 1 atom stereocenters. The van der Waals surface area contributed by atoms with Gasteiger partial charge < -0.3 is 20.8 Å². The first-order valence-corrected chi connectivity index (χ1v) is 6.79. The van der Waals surface area contributed by atoms with Crippen molar-refractivity contribution in [2.45, 2.75) is 26.0 Å². The van der Waals surface area contributed by atoms with Crippen LogP contribution in [-0.4, -0.2) is 44.1 Å². The number of amides is 2. The highest BCUT2D eigenvalue weighted by atomic mass is 16.4. The van der Waals surface area contributed by atoms with Crippen molar-refractivity contribution in [3.05, 3.63) is 24.4 Å². The molecule has 0 saturated heterocycles. The van der Waals surface area contributed by atoms with E-state index in [1.54, 1.807) is 23.0 Å². The number of carboxylic acids is 1. The maximum atomic E-state index is 11.8. The van der Waals surface area contributed by atoms with Crippen molar-refractivity contribution in [1.82, 2.24) is 15.1 Å². The molecule has 0 spiro atoms. The molecule has 0 fully saturated rings. The summed E-state index contributed by atoms with van der Waals surface area (Å²) < 4.78 is 1.80. The second kappa shape index (κ2) is 6.02. The zero-order valence-electron chi connectivity index (χ0n) is 12.3. The van der Waals surface area contributed by atoms with Crippen LogP contribution in [0.4, 0.5) is 10.5 Å². The average Bonchev–Trinajstić information content (AvgIpc) is 2.87. The molecule has 2 rings (SSSR count). The van der Waals surface area contributed by atoms with E-state index in [4.69, 9.17) is 5.11 Å². The number of carboxylic acid groups (broad SMARTS) is 1. The summed E-state index contributed by atoms with van der Waals surface area (Å²) in [5.41, 5.74) is -0.574. The van der Waals surface area contributed by atoms with Crippen LogP contribution in [0.1, 0.15) is 13.8 Å². The molecule has 0 bridgehead atoms. The van der Waals surface area contributed by atoms with Crippen LogP contribution in [0.15, 0.2) is 24.4 Å². The van der Waals surface area contributed by atoms with Gasteiger partial charge in [0.1, 0.15) is 0 Å². The summed E-state index contributed by atoms with van der Waals surface area (Å²) in [6, 6.07) is 4.74. The van der Waals surface area contributed by atoms with Crippen LogP contribution in [0.3, 0.4) is 0 Å². The minimum absolute atomic E-state index is 0.400. The van der Waals surface area contributed by atoms with Crippen LogP contribution < -0.4 is 10.6 Å². The zero-order valence-corrected chi connectivity index (χ0v) is 12.3. The standard InChI is InChI=1S/C14H18N4O4/c1-3-18-11-6-10(5-4-9(11)7-16-18)17-13(21)15-8-14(2,22)12(19)20/h4-7,22H,3,8H2,1-2H3,(H,19,20)(H2,15,17,21). The lowest BCUT2D eigenvalue weighted by Crippen LogP contribution is -2.47. The van der Waals surface area contributed by atoms with E-state index in [9.17, 15) is 14.7 Å². The second-order valence-corrected chi connectivity index (χ2v) is 5.12. The number of aliphatic hydroxyl groups is 1. The molecule has 1 heterocycles. The van der Waals surface area contributed by atoms with Crippen LogP contribution in [0.2, 0.25) is 0 Å². The smallest absolute Gasteiger partial charge is 0.337 e. The van der Waals surface area contributed by atoms with Crippen LogP contribution in [-0.2, 0) is 11.3 Å². The minimum atomic E-state index is -2.01. The molecule has 8 heteroatoms. The van der Waals surface area contributed by atoms with Crippen molar-refractivity contribution in [3.63, 3.8) is 0 Å². The van der Waals surface area contributed by atoms with Crippen molar-refractivity contribution in [2.75, 3.05) is 11.9 Å². The fourth-order valence-electron chi connectivity index (χ4n) is 1.90. The normalized spacial score (nSPS) is 13.6. The van der Waals surface area contributed by atoms with Crippen LogP contribution >= 0.6 is 0 Å². The highest BCUT2D eigenvalue weighted by Gasteiger charge is 2.30. The van der Waals surface area contributed by atoms with E-state index in [1.807, 2.05) is 13.0 Å². The molecule has 1 aromatic heterocycles. The molecule has 118 valence electrons. The van der Waals surface area contributed by atoms with E-state index in [0.717, 1.165) is 17.8 Å². The highest BCUT2D eigenvalue weighted by molar-refractivity contribution is 5.93. The Morgan fingerprint density at radius 3 is 2.77 bits per heavy atom. The second-order valence-electron chi connectivity index (χ2n) is 5.12. The third-order valence-corrected chi connectivity index (χ3v) is 3.26. The Hall–Kier alpha value is -2.61. The molecule has 8 nitrogen and oxygen atoms in total. The number of aromatic nitrogens is 2. The molecule has 2 amide bonds. The Bertz CT molecular complexity index is 708. The third-order valence-electron chi connectivity index (χ3n) is 3.26. The Balaban J connectivity index is 2.04. The van der Waals surface area contributed by atoms with E-state index >= 15 is 0 Å². The lowest BCUT2D eigenvalue weighted by molar-refractivity contribution is -0.155. The summed E-state index contributed by atoms with van der Waals surface area (Å²) in [6.07, 6.45) is 1.74. The average molecular weight is 306 g/mol. The van der Waals surface area contributed by atoms with Gasteiger partial charge >= 0.3 is 12.0 Å². The van der Waals surface area contributed by atoms with Gasteiger partial charge in [-0.05, 0) is 32.0 Å². The van der Waals surface area contributed by atoms with Crippen molar-refractivity contribution < 1.29 is 19.8 Å². The Morgan fingerprint density at radius 1 is 1.41 bits per heavy atom. The first kappa shape index (κ1) is 15.8. The molecular formula is C14H18N4O4. The molecule has 2 aromatic rings. The van der Waals surface area contributed by atoms with E-state index in [-0.39, 0.29) is 0 Å². The molecule has 0 aliphatic heterocycles. The van der Waals surface area contributed by atoms with E-state index < -0.39 is 24.1 Å². The number of anilines is 1. The van der Waals surface area contributed by atoms with Gasteiger partial charge in [0.2, 0.25) is 0 Å². The monoisotopic (exact) mass is 306 g/mol. The number of carbonyl (C=O) groups is 2. The molecule has 1 unspecified atom stereocenters.